The van der Waals surface area contributed by atoms with E-state index >= 15 is 0 Å². The van der Waals surface area contributed by atoms with Crippen molar-refractivity contribution in [1.82, 2.24) is 10.2 Å². The van der Waals surface area contributed by atoms with Crippen LogP contribution in [-0.4, -0.2) is 35.3 Å². The molecule has 26 heavy (non-hydrogen) atoms. The topological polar surface area (TPSA) is 62.6 Å². The SMILES string of the molecule is O=C(NC12CC3CC(CC(C3)C1)C2)C1CCN(C(=O)c2ccoc2)CC1. The summed E-state index contributed by atoms with van der Waals surface area (Å²) in [6, 6.07) is 1.70. The summed E-state index contributed by atoms with van der Waals surface area (Å²) in [5.74, 6) is 2.83. The molecule has 0 unspecified atom stereocenters. The van der Waals surface area contributed by atoms with Crippen LogP contribution in [0.5, 0.6) is 0 Å². The third-order valence-corrected chi connectivity index (χ3v) is 7.35. The van der Waals surface area contributed by atoms with Gasteiger partial charge in [-0.05, 0) is 75.2 Å². The molecule has 5 nitrogen and oxygen atoms in total. The highest BCUT2D eigenvalue weighted by molar-refractivity contribution is 5.94. The van der Waals surface area contributed by atoms with E-state index in [-0.39, 0.29) is 23.3 Å². The summed E-state index contributed by atoms with van der Waals surface area (Å²) in [6.45, 7) is 1.31. The van der Waals surface area contributed by atoms with Gasteiger partial charge in [0.05, 0.1) is 11.8 Å². The molecule has 0 spiro atoms. The molecule has 0 radical (unpaired) electrons. The summed E-state index contributed by atoms with van der Waals surface area (Å²) >= 11 is 0. The highest BCUT2D eigenvalue weighted by Gasteiger charge is 2.51. The second-order valence-electron chi connectivity index (χ2n) is 9.27. The number of hydrogen-bond donors (Lipinski definition) is 1. The number of piperidine rings is 1. The van der Waals surface area contributed by atoms with Gasteiger partial charge in [0.15, 0.2) is 0 Å². The molecule has 4 aliphatic carbocycles. The molecule has 1 aromatic heterocycles. The lowest BCUT2D eigenvalue weighted by Crippen LogP contribution is -2.61. The van der Waals surface area contributed by atoms with Gasteiger partial charge in [-0.1, -0.05) is 0 Å². The second kappa shape index (κ2) is 6.14. The molecule has 1 N–H and O–H groups in total. The molecule has 140 valence electrons. The monoisotopic (exact) mass is 356 g/mol. The molecule has 1 saturated heterocycles. The van der Waals surface area contributed by atoms with Crippen molar-refractivity contribution < 1.29 is 14.0 Å². The predicted octanol–water partition coefficient (Wildman–Crippen LogP) is 3.22. The Morgan fingerprint density at radius 3 is 2.19 bits per heavy atom. The predicted molar refractivity (Wildman–Crippen MR) is 96.4 cm³/mol. The number of carbonyl (C=O) groups excluding carboxylic acids is 2. The number of carbonyl (C=O) groups is 2. The van der Waals surface area contributed by atoms with Crippen LogP contribution < -0.4 is 5.32 Å². The first-order valence-corrected chi connectivity index (χ1v) is 10.2. The fraction of sp³-hybridized carbons (Fsp3) is 0.714. The lowest BCUT2D eigenvalue weighted by molar-refractivity contribution is -0.132. The van der Waals surface area contributed by atoms with E-state index in [9.17, 15) is 9.59 Å². The van der Waals surface area contributed by atoms with Gasteiger partial charge in [-0.25, -0.2) is 0 Å². The average molecular weight is 356 g/mol. The molecule has 0 aromatic carbocycles. The number of hydrogen-bond acceptors (Lipinski definition) is 3. The van der Waals surface area contributed by atoms with E-state index in [4.69, 9.17) is 4.42 Å². The smallest absolute Gasteiger partial charge is 0.257 e. The minimum Gasteiger partial charge on any atom is -0.472 e. The fourth-order valence-electron chi connectivity index (χ4n) is 6.54. The Bertz CT molecular complexity index is 653. The van der Waals surface area contributed by atoms with Crippen LogP contribution in [0.4, 0.5) is 0 Å². The van der Waals surface area contributed by atoms with Gasteiger partial charge in [0.2, 0.25) is 5.91 Å². The van der Waals surface area contributed by atoms with Crippen LogP contribution in [0.2, 0.25) is 0 Å². The highest BCUT2D eigenvalue weighted by Crippen LogP contribution is 2.55. The summed E-state index contributed by atoms with van der Waals surface area (Å²) in [7, 11) is 0. The van der Waals surface area contributed by atoms with E-state index in [2.05, 4.69) is 5.32 Å². The average Bonchev–Trinajstić information content (AvgIpc) is 3.14. The molecule has 4 bridgehead atoms. The third kappa shape index (κ3) is 2.85. The number of amides is 2. The fourth-order valence-corrected chi connectivity index (χ4v) is 6.54. The van der Waals surface area contributed by atoms with Crippen molar-refractivity contribution in [3.05, 3.63) is 24.2 Å². The van der Waals surface area contributed by atoms with Crippen LogP contribution in [0.15, 0.2) is 23.0 Å². The van der Waals surface area contributed by atoms with Crippen LogP contribution in [0, 0.1) is 23.7 Å². The number of rotatable bonds is 3. The molecule has 5 fully saturated rings. The Hall–Kier alpha value is -1.78. The maximum atomic E-state index is 13.0. The van der Waals surface area contributed by atoms with Crippen LogP contribution in [0.3, 0.4) is 0 Å². The number of likely N-dealkylation sites (tertiary alicyclic amines) is 1. The highest BCUT2D eigenvalue weighted by atomic mass is 16.3. The van der Waals surface area contributed by atoms with E-state index in [0.717, 1.165) is 30.6 Å². The zero-order valence-corrected chi connectivity index (χ0v) is 15.3. The first-order valence-electron chi connectivity index (χ1n) is 10.2. The maximum Gasteiger partial charge on any atom is 0.257 e. The minimum absolute atomic E-state index is 0.0127. The van der Waals surface area contributed by atoms with E-state index in [1.54, 1.807) is 6.07 Å². The normalized spacial score (nSPS) is 36.3. The van der Waals surface area contributed by atoms with Gasteiger partial charge < -0.3 is 14.6 Å². The van der Waals surface area contributed by atoms with Gasteiger partial charge in [0.25, 0.3) is 5.91 Å². The summed E-state index contributed by atoms with van der Waals surface area (Å²) in [6.07, 6.45) is 12.3. The zero-order chi connectivity index (χ0) is 17.7. The number of nitrogens with zero attached hydrogens (tertiary/aromatic N) is 1. The first-order chi connectivity index (χ1) is 12.6. The summed E-state index contributed by atoms with van der Waals surface area (Å²) in [5.41, 5.74) is 0.691. The minimum atomic E-state index is 0.0127. The van der Waals surface area contributed by atoms with Gasteiger partial charge in [-0.2, -0.15) is 0 Å². The van der Waals surface area contributed by atoms with Crippen LogP contribution in [0.25, 0.3) is 0 Å². The van der Waals surface area contributed by atoms with Gasteiger partial charge >= 0.3 is 0 Å². The molecule has 2 heterocycles. The van der Waals surface area contributed by atoms with Crippen molar-refractivity contribution in [2.45, 2.75) is 56.9 Å². The largest absolute Gasteiger partial charge is 0.472 e. The molecule has 5 heteroatoms. The molecule has 4 saturated carbocycles. The molecule has 5 aliphatic rings. The Balaban J connectivity index is 1.18. The Morgan fingerprint density at radius 2 is 1.65 bits per heavy atom. The molecular weight excluding hydrogens is 328 g/mol. The lowest BCUT2D eigenvalue weighted by atomic mass is 9.53. The van der Waals surface area contributed by atoms with Crippen LogP contribution in [-0.2, 0) is 4.79 Å². The summed E-state index contributed by atoms with van der Waals surface area (Å²) < 4.78 is 5.01. The van der Waals surface area contributed by atoms with Gasteiger partial charge in [0.1, 0.15) is 6.26 Å². The van der Waals surface area contributed by atoms with Crippen molar-refractivity contribution in [3.63, 3.8) is 0 Å². The van der Waals surface area contributed by atoms with Gasteiger partial charge in [-0.3, -0.25) is 9.59 Å². The number of furan rings is 1. The molecule has 1 aliphatic heterocycles. The lowest BCUT2D eigenvalue weighted by Gasteiger charge is -2.57. The first kappa shape index (κ1) is 16.4. The van der Waals surface area contributed by atoms with Crippen molar-refractivity contribution in [1.29, 1.82) is 0 Å². The van der Waals surface area contributed by atoms with E-state index in [0.29, 0.717) is 18.7 Å². The summed E-state index contributed by atoms with van der Waals surface area (Å²) in [5, 5.41) is 3.51. The van der Waals surface area contributed by atoms with Crippen molar-refractivity contribution in [2.24, 2.45) is 23.7 Å². The quantitative estimate of drug-likeness (QED) is 0.904. The zero-order valence-electron chi connectivity index (χ0n) is 15.3. The van der Waals surface area contributed by atoms with Crippen molar-refractivity contribution >= 4 is 11.8 Å². The molecule has 1 aromatic rings. The van der Waals surface area contributed by atoms with E-state index in [1.807, 2.05) is 4.90 Å². The maximum absolute atomic E-state index is 13.0. The van der Waals surface area contributed by atoms with Crippen molar-refractivity contribution in [3.8, 4) is 0 Å². The van der Waals surface area contributed by atoms with Crippen LogP contribution >= 0.6 is 0 Å². The Morgan fingerprint density at radius 1 is 1.04 bits per heavy atom. The van der Waals surface area contributed by atoms with E-state index in [1.165, 1.54) is 51.1 Å². The summed E-state index contributed by atoms with van der Waals surface area (Å²) in [4.78, 5) is 27.2. The van der Waals surface area contributed by atoms with Crippen molar-refractivity contribution in [2.75, 3.05) is 13.1 Å². The third-order valence-electron chi connectivity index (χ3n) is 7.35. The standard InChI is InChI=1S/C21H28N2O3/c24-19(22-21-10-14-7-15(11-21)9-16(8-14)12-21)17-1-4-23(5-2-17)20(25)18-3-6-26-13-18/h3,6,13-17H,1-2,4-5,7-12H2,(H,22,24). The molecule has 2 amide bonds. The molecule has 0 atom stereocenters. The van der Waals surface area contributed by atoms with Gasteiger partial charge in [-0.15, -0.1) is 0 Å². The van der Waals surface area contributed by atoms with Crippen LogP contribution in [0.1, 0.15) is 61.7 Å². The Kier molecular flexibility index (Phi) is 3.87. The van der Waals surface area contributed by atoms with Gasteiger partial charge in [0, 0.05) is 24.5 Å². The van der Waals surface area contributed by atoms with E-state index < -0.39 is 0 Å². The molecular formula is C21H28N2O3. The molecule has 6 rings (SSSR count). The second-order valence-corrected chi connectivity index (χ2v) is 9.27. The Labute approximate surface area is 154 Å². The number of nitrogens with one attached hydrogen (secondary N) is 1.